The van der Waals surface area contributed by atoms with Crippen molar-refractivity contribution in [2.24, 2.45) is 5.92 Å². The van der Waals surface area contributed by atoms with Crippen molar-refractivity contribution < 1.29 is 13.2 Å². The van der Waals surface area contributed by atoms with Crippen molar-refractivity contribution in [3.05, 3.63) is 23.8 Å². The molecule has 0 spiro atoms. The van der Waals surface area contributed by atoms with Crippen LogP contribution in [0.2, 0.25) is 0 Å². The lowest BCUT2D eigenvalue weighted by molar-refractivity contribution is -0.116. The maximum Gasteiger partial charge on any atom is 0.240 e. The molecule has 1 aromatic carbocycles. The van der Waals surface area contributed by atoms with Crippen molar-refractivity contribution in [1.29, 1.82) is 0 Å². The van der Waals surface area contributed by atoms with Gasteiger partial charge in [0.1, 0.15) is 0 Å². The normalized spacial score (nSPS) is 24.5. The second-order valence-corrected chi connectivity index (χ2v) is 8.41. The summed E-state index contributed by atoms with van der Waals surface area (Å²) in [5.41, 5.74) is 1.77. The Hall–Kier alpha value is -1.40. The van der Waals surface area contributed by atoms with Crippen molar-refractivity contribution in [2.45, 2.75) is 56.9 Å². The highest BCUT2D eigenvalue weighted by molar-refractivity contribution is 7.89. The number of hydrogen-bond donors (Lipinski definition) is 1. The molecule has 1 heterocycles. The summed E-state index contributed by atoms with van der Waals surface area (Å²) in [5, 5.41) is 0. The van der Waals surface area contributed by atoms with Crippen LogP contribution in [0, 0.1) is 5.92 Å². The first-order valence-corrected chi connectivity index (χ1v) is 9.80. The molecule has 1 aliphatic carbocycles. The van der Waals surface area contributed by atoms with Gasteiger partial charge in [0, 0.05) is 25.2 Å². The molecule has 5 nitrogen and oxygen atoms in total. The fraction of sp³-hybridized carbons (Fsp3) is 0.588. The van der Waals surface area contributed by atoms with E-state index >= 15 is 0 Å². The molecule has 0 saturated heterocycles. The molecule has 0 radical (unpaired) electrons. The van der Waals surface area contributed by atoms with E-state index in [-0.39, 0.29) is 11.9 Å². The molecule has 1 N–H and O–H groups in total. The minimum atomic E-state index is -3.51. The highest BCUT2D eigenvalue weighted by Crippen LogP contribution is 2.31. The predicted molar refractivity (Wildman–Crippen MR) is 89.9 cm³/mol. The highest BCUT2D eigenvalue weighted by atomic mass is 32.2. The first-order chi connectivity index (χ1) is 10.9. The van der Waals surface area contributed by atoms with E-state index in [4.69, 9.17) is 0 Å². The second kappa shape index (κ2) is 6.24. The second-order valence-electron chi connectivity index (χ2n) is 6.70. The third kappa shape index (κ3) is 3.28. The SMILES string of the molecule is CC(=O)N1CCc2cc(S(=O)(=O)N[C@H]3CCCC[C@@H]3C)ccc21. The van der Waals surface area contributed by atoms with E-state index in [9.17, 15) is 13.2 Å². The number of amides is 1. The molecular weight excluding hydrogens is 312 g/mol. The van der Waals surface area contributed by atoms with Crippen molar-refractivity contribution in [3.8, 4) is 0 Å². The van der Waals surface area contributed by atoms with Gasteiger partial charge in [-0.1, -0.05) is 19.8 Å². The number of benzene rings is 1. The average molecular weight is 336 g/mol. The predicted octanol–water partition coefficient (Wildman–Crippen LogP) is 2.45. The van der Waals surface area contributed by atoms with Gasteiger partial charge in [-0.2, -0.15) is 0 Å². The van der Waals surface area contributed by atoms with Crippen LogP contribution in [0.1, 0.15) is 45.1 Å². The van der Waals surface area contributed by atoms with Crippen LogP contribution in [0.25, 0.3) is 0 Å². The first-order valence-electron chi connectivity index (χ1n) is 8.32. The minimum Gasteiger partial charge on any atom is -0.312 e. The Morgan fingerprint density at radius 1 is 1.26 bits per heavy atom. The number of nitrogens with zero attached hydrogens (tertiary/aromatic N) is 1. The number of sulfonamides is 1. The standard InChI is InChI=1S/C17H24N2O3S/c1-12-5-3-4-6-16(12)18-23(21,22)15-7-8-17-14(11-15)9-10-19(17)13(2)20/h7-8,11-12,16,18H,3-6,9-10H2,1-2H3/t12-,16-/m0/s1. The lowest BCUT2D eigenvalue weighted by atomic mass is 9.87. The maximum absolute atomic E-state index is 12.7. The minimum absolute atomic E-state index is 0.00601. The van der Waals surface area contributed by atoms with Crippen LogP contribution >= 0.6 is 0 Å². The Kier molecular flexibility index (Phi) is 4.47. The molecule has 1 aliphatic heterocycles. The molecular formula is C17H24N2O3S. The van der Waals surface area contributed by atoms with Gasteiger partial charge in [-0.15, -0.1) is 0 Å². The summed E-state index contributed by atoms with van der Waals surface area (Å²) in [7, 11) is -3.51. The molecule has 0 bridgehead atoms. The third-order valence-corrected chi connectivity index (χ3v) is 6.54. The van der Waals surface area contributed by atoms with Crippen LogP contribution in [0.5, 0.6) is 0 Å². The number of rotatable bonds is 3. The van der Waals surface area contributed by atoms with E-state index in [2.05, 4.69) is 11.6 Å². The van der Waals surface area contributed by atoms with E-state index in [0.717, 1.165) is 30.5 Å². The third-order valence-electron chi connectivity index (χ3n) is 5.05. The zero-order valence-electron chi connectivity index (χ0n) is 13.7. The highest BCUT2D eigenvalue weighted by Gasteiger charge is 2.28. The van der Waals surface area contributed by atoms with Gasteiger partial charge in [0.25, 0.3) is 0 Å². The van der Waals surface area contributed by atoms with Gasteiger partial charge in [-0.25, -0.2) is 13.1 Å². The van der Waals surface area contributed by atoms with E-state index in [1.165, 1.54) is 13.3 Å². The summed E-state index contributed by atoms with van der Waals surface area (Å²) in [4.78, 5) is 13.6. The monoisotopic (exact) mass is 336 g/mol. The van der Waals surface area contributed by atoms with Gasteiger partial charge >= 0.3 is 0 Å². The summed E-state index contributed by atoms with van der Waals surface area (Å²) in [6.45, 7) is 4.27. The fourth-order valence-electron chi connectivity index (χ4n) is 3.63. The van der Waals surface area contributed by atoms with Crippen molar-refractivity contribution >= 4 is 21.6 Å². The topological polar surface area (TPSA) is 66.5 Å². The number of carbonyl (C=O) groups excluding carboxylic acids is 1. The van der Waals surface area contributed by atoms with E-state index in [0.29, 0.717) is 23.8 Å². The van der Waals surface area contributed by atoms with E-state index in [1.54, 1.807) is 23.1 Å². The zero-order valence-corrected chi connectivity index (χ0v) is 14.5. The number of fused-ring (bicyclic) bond motifs is 1. The van der Waals surface area contributed by atoms with Crippen LogP contribution in [0.4, 0.5) is 5.69 Å². The summed E-state index contributed by atoms with van der Waals surface area (Å²) in [6, 6.07) is 5.10. The van der Waals surface area contributed by atoms with E-state index in [1.807, 2.05) is 0 Å². The average Bonchev–Trinajstić information content (AvgIpc) is 2.92. The molecule has 2 atom stereocenters. The quantitative estimate of drug-likeness (QED) is 0.922. The molecule has 6 heteroatoms. The van der Waals surface area contributed by atoms with Gasteiger partial charge in [0.05, 0.1) is 4.90 Å². The Bertz CT molecular complexity index is 715. The zero-order chi connectivity index (χ0) is 16.6. The number of anilines is 1. The van der Waals surface area contributed by atoms with Gasteiger partial charge in [-0.3, -0.25) is 4.79 Å². The summed E-state index contributed by atoms with van der Waals surface area (Å²) < 4.78 is 28.2. The molecule has 1 amide bonds. The summed E-state index contributed by atoms with van der Waals surface area (Å²) in [6.07, 6.45) is 4.95. The van der Waals surface area contributed by atoms with Crippen molar-refractivity contribution in [3.63, 3.8) is 0 Å². The maximum atomic E-state index is 12.7. The van der Waals surface area contributed by atoms with Crippen molar-refractivity contribution in [2.75, 3.05) is 11.4 Å². The molecule has 1 fully saturated rings. The molecule has 0 aromatic heterocycles. The van der Waals surface area contributed by atoms with Crippen LogP contribution in [0.15, 0.2) is 23.1 Å². The molecule has 23 heavy (non-hydrogen) atoms. The smallest absolute Gasteiger partial charge is 0.240 e. The first kappa shape index (κ1) is 16.5. The lowest BCUT2D eigenvalue weighted by Gasteiger charge is -2.29. The Morgan fingerprint density at radius 3 is 2.70 bits per heavy atom. The Balaban J connectivity index is 1.82. The summed E-state index contributed by atoms with van der Waals surface area (Å²) in [5.74, 6) is 0.370. The number of hydrogen-bond acceptors (Lipinski definition) is 3. The Labute approximate surface area is 138 Å². The number of carbonyl (C=O) groups is 1. The molecule has 2 aliphatic rings. The van der Waals surface area contributed by atoms with Crippen LogP contribution in [0.3, 0.4) is 0 Å². The van der Waals surface area contributed by atoms with Gasteiger partial charge in [-0.05, 0) is 48.9 Å². The van der Waals surface area contributed by atoms with E-state index < -0.39 is 10.0 Å². The number of nitrogens with one attached hydrogen (secondary N) is 1. The van der Waals surface area contributed by atoms with Crippen LogP contribution in [-0.2, 0) is 21.2 Å². The molecule has 1 aromatic rings. The van der Waals surface area contributed by atoms with Crippen molar-refractivity contribution in [1.82, 2.24) is 4.72 Å². The Morgan fingerprint density at radius 2 is 2.00 bits per heavy atom. The largest absolute Gasteiger partial charge is 0.312 e. The van der Waals surface area contributed by atoms with Gasteiger partial charge in [0.2, 0.25) is 15.9 Å². The molecule has 1 saturated carbocycles. The van der Waals surface area contributed by atoms with Crippen LogP contribution < -0.4 is 9.62 Å². The summed E-state index contributed by atoms with van der Waals surface area (Å²) >= 11 is 0. The lowest BCUT2D eigenvalue weighted by Crippen LogP contribution is -2.41. The molecule has 0 unspecified atom stereocenters. The molecule has 3 rings (SSSR count). The van der Waals surface area contributed by atoms with Gasteiger partial charge < -0.3 is 4.90 Å². The van der Waals surface area contributed by atoms with Gasteiger partial charge in [0.15, 0.2) is 0 Å². The molecule has 126 valence electrons. The van der Waals surface area contributed by atoms with Crippen LogP contribution in [-0.4, -0.2) is 26.9 Å². The fourth-order valence-corrected chi connectivity index (χ4v) is 5.06.